The van der Waals surface area contributed by atoms with Crippen LogP contribution in [0.15, 0.2) is 29.4 Å². The van der Waals surface area contributed by atoms with E-state index in [1.807, 2.05) is 44.4 Å². The smallest absolute Gasteiger partial charge is 0.253 e. The number of aryl methyl sites for hydroxylation is 2. The third-order valence-corrected chi connectivity index (χ3v) is 5.11. The van der Waals surface area contributed by atoms with Crippen LogP contribution in [0.25, 0.3) is 5.78 Å². The second kappa shape index (κ2) is 6.60. The highest BCUT2D eigenvalue weighted by Gasteiger charge is 2.25. The van der Waals surface area contributed by atoms with Gasteiger partial charge in [0.15, 0.2) is 0 Å². The van der Waals surface area contributed by atoms with E-state index in [4.69, 9.17) is 4.74 Å². The highest BCUT2D eigenvalue weighted by atomic mass is 32.2. The van der Waals surface area contributed by atoms with Gasteiger partial charge in [-0.05, 0) is 32.2 Å². The lowest BCUT2D eigenvalue weighted by molar-refractivity contribution is -0.118. The van der Waals surface area contributed by atoms with Crippen molar-refractivity contribution in [2.24, 2.45) is 0 Å². The van der Waals surface area contributed by atoms with Crippen molar-refractivity contribution < 1.29 is 9.53 Å². The Bertz CT molecular complexity index is 1000. The Hall–Kier alpha value is -2.61. The van der Waals surface area contributed by atoms with Gasteiger partial charge >= 0.3 is 0 Å². The van der Waals surface area contributed by atoms with Crippen molar-refractivity contribution in [2.75, 3.05) is 24.3 Å². The van der Waals surface area contributed by atoms with E-state index in [1.54, 1.807) is 9.42 Å². The number of aromatic nitrogens is 4. The van der Waals surface area contributed by atoms with Crippen LogP contribution in [-0.2, 0) is 11.2 Å². The Balaban J connectivity index is 1.68. The molecule has 0 radical (unpaired) electrons. The number of benzene rings is 1. The van der Waals surface area contributed by atoms with Gasteiger partial charge in [0.05, 0.1) is 18.7 Å². The summed E-state index contributed by atoms with van der Waals surface area (Å²) in [5.41, 5.74) is 3.42. The van der Waals surface area contributed by atoms with Gasteiger partial charge in [-0.15, -0.1) is 5.10 Å². The van der Waals surface area contributed by atoms with Gasteiger partial charge in [-0.25, -0.2) is 9.50 Å². The fourth-order valence-corrected chi connectivity index (χ4v) is 3.54. The van der Waals surface area contributed by atoms with Crippen LogP contribution in [0.5, 0.6) is 5.75 Å². The summed E-state index contributed by atoms with van der Waals surface area (Å²) in [5, 5.41) is 5.12. The monoisotopic (exact) mass is 369 g/mol. The molecule has 0 fully saturated rings. The molecule has 1 amide bonds. The molecule has 0 saturated carbocycles. The van der Waals surface area contributed by atoms with E-state index in [1.165, 1.54) is 11.8 Å². The molecular weight excluding hydrogens is 350 g/mol. The van der Waals surface area contributed by atoms with E-state index >= 15 is 0 Å². The summed E-state index contributed by atoms with van der Waals surface area (Å²) in [7, 11) is 0. The number of carbonyl (C=O) groups excluding carboxylic acids is 1. The summed E-state index contributed by atoms with van der Waals surface area (Å²) in [6.07, 6.45) is 2.20. The van der Waals surface area contributed by atoms with Crippen molar-refractivity contribution in [3.63, 3.8) is 0 Å². The maximum absolute atomic E-state index is 13.0. The number of nitrogens with zero attached hydrogens (tertiary/aromatic N) is 5. The molecule has 1 aliphatic rings. The van der Waals surface area contributed by atoms with Crippen molar-refractivity contribution in [1.29, 1.82) is 0 Å². The summed E-state index contributed by atoms with van der Waals surface area (Å²) in [5.74, 6) is 1.34. The quantitative estimate of drug-likeness (QED) is 0.660. The Morgan fingerprint density at radius 1 is 1.27 bits per heavy atom. The van der Waals surface area contributed by atoms with E-state index in [-0.39, 0.29) is 12.3 Å². The van der Waals surface area contributed by atoms with E-state index in [9.17, 15) is 4.79 Å². The van der Waals surface area contributed by atoms with E-state index < -0.39 is 0 Å². The summed E-state index contributed by atoms with van der Waals surface area (Å²) in [4.78, 5) is 23.7. The van der Waals surface area contributed by atoms with Crippen LogP contribution in [0.3, 0.4) is 0 Å². The summed E-state index contributed by atoms with van der Waals surface area (Å²) in [6, 6.07) is 7.62. The molecule has 0 saturated heterocycles. The molecule has 134 valence electrons. The lowest BCUT2D eigenvalue weighted by Gasteiger charge is -2.29. The molecule has 7 nitrogen and oxygen atoms in total. The van der Waals surface area contributed by atoms with Crippen molar-refractivity contribution >= 4 is 29.1 Å². The van der Waals surface area contributed by atoms with Crippen LogP contribution < -0.4 is 9.64 Å². The lowest BCUT2D eigenvalue weighted by atomic mass is 10.1. The van der Waals surface area contributed by atoms with Gasteiger partial charge in [-0.2, -0.15) is 4.98 Å². The number of carbonyl (C=O) groups is 1. The lowest BCUT2D eigenvalue weighted by Crippen LogP contribution is -2.39. The zero-order chi connectivity index (χ0) is 18.3. The van der Waals surface area contributed by atoms with Gasteiger partial charge in [-0.3, -0.25) is 4.79 Å². The molecule has 4 rings (SSSR count). The molecule has 0 aliphatic carbocycles. The van der Waals surface area contributed by atoms with E-state index in [0.29, 0.717) is 24.1 Å². The Morgan fingerprint density at radius 3 is 2.88 bits per heavy atom. The number of anilines is 1. The van der Waals surface area contributed by atoms with Crippen LogP contribution in [-0.4, -0.2) is 44.9 Å². The van der Waals surface area contributed by atoms with Crippen LogP contribution in [0.4, 0.5) is 5.69 Å². The van der Waals surface area contributed by atoms with E-state index in [2.05, 4.69) is 15.1 Å². The summed E-state index contributed by atoms with van der Waals surface area (Å²) < 4.78 is 7.36. The third-order valence-electron chi connectivity index (χ3n) is 4.57. The topological polar surface area (TPSA) is 72.6 Å². The minimum Gasteiger partial charge on any atom is -0.490 e. The fourth-order valence-electron chi connectivity index (χ4n) is 3.21. The highest BCUT2D eigenvalue weighted by molar-refractivity contribution is 7.98. The molecule has 26 heavy (non-hydrogen) atoms. The molecule has 1 aromatic carbocycles. The molecule has 0 N–H and O–H groups in total. The molecule has 8 heteroatoms. The fraction of sp³-hybridized carbons (Fsp3) is 0.333. The van der Waals surface area contributed by atoms with Gasteiger partial charge in [0.25, 0.3) is 5.78 Å². The molecule has 0 bridgehead atoms. The van der Waals surface area contributed by atoms with Gasteiger partial charge in [-0.1, -0.05) is 23.9 Å². The van der Waals surface area contributed by atoms with Gasteiger partial charge in [0, 0.05) is 17.0 Å². The van der Waals surface area contributed by atoms with E-state index in [0.717, 1.165) is 28.4 Å². The van der Waals surface area contributed by atoms with Crippen molar-refractivity contribution in [2.45, 2.75) is 25.4 Å². The van der Waals surface area contributed by atoms with Crippen LogP contribution in [0, 0.1) is 13.8 Å². The Morgan fingerprint density at radius 2 is 2.08 bits per heavy atom. The number of ether oxygens (including phenoxy) is 1. The van der Waals surface area contributed by atoms with Crippen LogP contribution >= 0.6 is 11.8 Å². The highest BCUT2D eigenvalue weighted by Crippen LogP contribution is 2.31. The average molecular weight is 369 g/mol. The Labute approximate surface area is 155 Å². The average Bonchev–Trinajstić information content (AvgIpc) is 3.07. The predicted molar refractivity (Wildman–Crippen MR) is 100 cm³/mol. The normalized spacial score (nSPS) is 13.6. The number of thioether (sulfide) groups is 1. The van der Waals surface area contributed by atoms with Crippen molar-refractivity contribution in [1.82, 2.24) is 19.6 Å². The third kappa shape index (κ3) is 2.80. The first-order chi connectivity index (χ1) is 12.6. The van der Waals surface area contributed by atoms with Crippen molar-refractivity contribution in [3.05, 3.63) is 41.2 Å². The van der Waals surface area contributed by atoms with Crippen LogP contribution in [0.2, 0.25) is 0 Å². The van der Waals surface area contributed by atoms with Gasteiger partial charge < -0.3 is 9.64 Å². The van der Waals surface area contributed by atoms with Crippen molar-refractivity contribution in [3.8, 4) is 5.75 Å². The number of amides is 1. The molecular formula is C18H19N5O2S. The molecule has 3 aromatic rings. The van der Waals surface area contributed by atoms with Crippen LogP contribution in [0.1, 0.15) is 17.0 Å². The molecule has 0 unspecified atom stereocenters. The molecule has 0 atom stereocenters. The minimum absolute atomic E-state index is 0.0262. The predicted octanol–water partition coefficient (Wildman–Crippen LogP) is 2.43. The second-order valence-corrected chi connectivity index (χ2v) is 6.88. The van der Waals surface area contributed by atoms with Gasteiger partial charge in [0.2, 0.25) is 11.1 Å². The Kier molecular flexibility index (Phi) is 4.28. The molecule has 1 aliphatic heterocycles. The number of rotatable bonds is 3. The first-order valence-electron chi connectivity index (χ1n) is 8.37. The first-order valence-corrected chi connectivity index (χ1v) is 9.60. The molecule has 2 aromatic heterocycles. The SMILES string of the molecule is CSc1nc2nc(C)c(CC(=O)N3CCOc4ccccc43)c(C)n2n1. The number of hydrogen-bond acceptors (Lipinski definition) is 6. The summed E-state index contributed by atoms with van der Waals surface area (Å²) in [6.45, 7) is 4.91. The standard InChI is InChI=1S/C18H19N5O2S/c1-11-13(12(2)23-17(19-11)20-18(21-23)26-3)10-16(24)22-8-9-25-15-7-5-4-6-14(15)22/h4-7H,8-10H2,1-3H3. The van der Waals surface area contributed by atoms with Gasteiger partial charge in [0.1, 0.15) is 12.4 Å². The summed E-state index contributed by atoms with van der Waals surface area (Å²) >= 11 is 1.47. The number of para-hydroxylation sites is 2. The molecule has 3 heterocycles. The zero-order valence-corrected chi connectivity index (χ0v) is 15.7. The number of fused-ring (bicyclic) bond motifs is 2. The zero-order valence-electron chi connectivity index (χ0n) is 14.9. The maximum Gasteiger partial charge on any atom is 0.253 e. The first kappa shape index (κ1) is 16.8. The molecule has 0 spiro atoms. The number of hydrogen-bond donors (Lipinski definition) is 0. The minimum atomic E-state index is 0.0262. The largest absolute Gasteiger partial charge is 0.490 e. The second-order valence-electron chi connectivity index (χ2n) is 6.11. The maximum atomic E-state index is 13.0.